The zero-order valence-corrected chi connectivity index (χ0v) is 10.8. The van der Waals surface area contributed by atoms with Crippen LogP contribution in [0.5, 0.6) is 0 Å². The van der Waals surface area contributed by atoms with Gasteiger partial charge in [-0.2, -0.15) is 0 Å². The molecule has 0 atom stereocenters. The maximum absolute atomic E-state index is 5.72. The van der Waals surface area contributed by atoms with Crippen LogP contribution in [-0.4, -0.2) is 29.2 Å². The first-order chi connectivity index (χ1) is 8.35. The monoisotopic (exact) mass is 236 g/mol. The van der Waals surface area contributed by atoms with Gasteiger partial charge in [-0.25, -0.2) is 4.98 Å². The third-order valence-corrected chi connectivity index (χ3v) is 3.68. The molecule has 4 heteroatoms. The molecule has 0 spiro atoms. The molecule has 1 aliphatic heterocycles. The molecule has 96 valence electrons. The van der Waals surface area contributed by atoms with Crippen molar-refractivity contribution in [3.8, 4) is 0 Å². The third kappa shape index (κ3) is 3.00. The first kappa shape index (κ1) is 12.4. The number of hydrogen-bond donors (Lipinski definition) is 1. The smallest absolute Gasteiger partial charge is 0.205 e. The summed E-state index contributed by atoms with van der Waals surface area (Å²) in [4.78, 5) is 6.91. The minimum atomic E-state index is 0.713. The Labute approximate surface area is 104 Å². The zero-order chi connectivity index (χ0) is 12.1. The summed E-state index contributed by atoms with van der Waals surface area (Å²) in [5.74, 6) is 1.86. The summed E-state index contributed by atoms with van der Waals surface area (Å²) >= 11 is 0. The van der Waals surface area contributed by atoms with Gasteiger partial charge in [0.15, 0.2) is 0 Å². The van der Waals surface area contributed by atoms with Crippen LogP contribution in [0.15, 0.2) is 12.4 Å². The zero-order valence-electron chi connectivity index (χ0n) is 10.8. The molecule has 0 radical (unpaired) electrons. The summed E-state index contributed by atoms with van der Waals surface area (Å²) in [6.45, 7) is 6.35. The van der Waals surface area contributed by atoms with Crippen LogP contribution in [-0.2, 0) is 6.54 Å². The first-order valence-corrected chi connectivity index (χ1v) is 6.81. The summed E-state index contributed by atoms with van der Waals surface area (Å²) in [5.41, 5.74) is 5.72. The number of anilines is 1. The highest BCUT2D eigenvalue weighted by molar-refractivity contribution is 5.31. The van der Waals surface area contributed by atoms with Gasteiger partial charge in [-0.15, -0.1) is 0 Å². The van der Waals surface area contributed by atoms with Gasteiger partial charge in [-0.05, 0) is 31.7 Å². The van der Waals surface area contributed by atoms with Gasteiger partial charge < -0.3 is 15.2 Å². The van der Waals surface area contributed by atoms with Gasteiger partial charge in [-0.3, -0.25) is 0 Å². The summed E-state index contributed by atoms with van der Waals surface area (Å²) in [6.07, 6.45) is 8.88. The van der Waals surface area contributed by atoms with E-state index in [1.54, 1.807) is 0 Å². The molecule has 4 nitrogen and oxygen atoms in total. The van der Waals surface area contributed by atoms with Crippen LogP contribution in [0.25, 0.3) is 0 Å². The van der Waals surface area contributed by atoms with Crippen LogP contribution in [0, 0.1) is 5.92 Å². The van der Waals surface area contributed by atoms with Crippen molar-refractivity contribution in [3.05, 3.63) is 12.4 Å². The van der Waals surface area contributed by atoms with Crippen LogP contribution in [0.2, 0.25) is 0 Å². The average molecular weight is 236 g/mol. The Kier molecular flexibility index (Phi) is 4.42. The lowest BCUT2D eigenvalue weighted by Gasteiger charge is -2.32. The van der Waals surface area contributed by atoms with Gasteiger partial charge in [0.1, 0.15) is 0 Å². The number of hydrogen-bond acceptors (Lipinski definition) is 3. The van der Waals surface area contributed by atoms with Crippen LogP contribution >= 0.6 is 0 Å². The van der Waals surface area contributed by atoms with E-state index in [-0.39, 0.29) is 0 Å². The standard InChI is InChI=1S/C13H24N4/c1-2-3-7-16-10-6-15-13(16)17-8-4-12(11-14)5-9-17/h6,10,12H,2-5,7-9,11,14H2,1H3. The molecule has 0 aliphatic carbocycles. The molecule has 0 aromatic carbocycles. The van der Waals surface area contributed by atoms with Crippen LogP contribution < -0.4 is 10.6 Å². The van der Waals surface area contributed by atoms with Crippen LogP contribution in [0.3, 0.4) is 0 Å². The Balaban J connectivity index is 1.95. The summed E-state index contributed by atoms with van der Waals surface area (Å²) in [7, 11) is 0. The number of unbranched alkanes of at least 4 members (excludes halogenated alkanes) is 1. The number of aromatic nitrogens is 2. The summed E-state index contributed by atoms with van der Waals surface area (Å²) < 4.78 is 2.28. The van der Waals surface area contributed by atoms with Gasteiger partial charge in [0, 0.05) is 32.0 Å². The molecular formula is C13H24N4. The second-order valence-electron chi connectivity index (χ2n) is 4.94. The van der Waals surface area contributed by atoms with E-state index in [9.17, 15) is 0 Å². The quantitative estimate of drug-likeness (QED) is 0.849. The predicted molar refractivity (Wildman–Crippen MR) is 71.1 cm³/mol. The third-order valence-electron chi connectivity index (χ3n) is 3.68. The minimum absolute atomic E-state index is 0.713. The Hall–Kier alpha value is -1.03. The first-order valence-electron chi connectivity index (χ1n) is 6.81. The second-order valence-corrected chi connectivity index (χ2v) is 4.94. The van der Waals surface area contributed by atoms with Crippen molar-refractivity contribution in [2.75, 3.05) is 24.5 Å². The highest BCUT2D eigenvalue weighted by atomic mass is 15.3. The lowest BCUT2D eigenvalue weighted by atomic mass is 9.97. The lowest BCUT2D eigenvalue weighted by Crippen LogP contribution is -2.37. The number of nitrogens with zero attached hydrogens (tertiary/aromatic N) is 3. The number of nitrogens with two attached hydrogens (primary N) is 1. The molecule has 0 saturated carbocycles. The van der Waals surface area contributed by atoms with Crippen molar-refractivity contribution < 1.29 is 0 Å². The lowest BCUT2D eigenvalue weighted by molar-refractivity contribution is 0.408. The van der Waals surface area contributed by atoms with E-state index in [1.165, 1.54) is 25.7 Å². The maximum atomic E-state index is 5.72. The number of piperidine rings is 1. The Bertz CT molecular complexity index is 326. The summed E-state index contributed by atoms with van der Waals surface area (Å²) in [5, 5.41) is 0. The van der Waals surface area contributed by atoms with Crippen molar-refractivity contribution in [1.29, 1.82) is 0 Å². The van der Waals surface area contributed by atoms with Crippen molar-refractivity contribution in [2.24, 2.45) is 11.7 Å². The number of imidazole rings is 1. The van der Waals surface area contributed by atoms with Gasteiger partial charge in [0.05, 0.1) is 0 Å². The van der Waals surface area contributed by atoms with Gasteiger partial charge >= 0.3 is 0 Å². The molecule has 1 fully saturated rings. The Morgan fingerprint density at radius 1 is 1.41 bits per heavy atom. The molecule has 2 heterocycles. The molecule has 0 amide bonds. The Morgan fingerprint density at radius 3 is 2.82 bits per heavy atom. The van der Waals surface area contributed by atoms with E-state index in [2.05, 4.69) is 27.6 Å². The fraction of sp³-hybridized carbons (Fsp3) is 0.769. The SMILES string of the molecule is CCCCn1ccnc1N1CCC(CN)CC1. The fourth-order valence-electron chi connectivity index (χ4n) is 2.46. The summed E-state index contributed by atoms with van der Waals surface area (Å²) in [6, 6.07) is 0. The average Bonchev–Trinajstić information content (AvgIpc) is 2.84. The van der Waals surface area contributed by atoms with E-state index >= 15 is 0 Å². The Morgan fingerprint density at radius 2 is 2.18 bits per heavy atom. The molecule has 0 unspecified atom stereocenters. The van der Waals surface area contributed by atoms with E-state index in [1.807, 2.05) is 6.20 Å². The van der Waals surface area contributed by atoms with Gasteiger partial charge in [0.2, 0.25) is 5.95 Å². The molecular weight excluding hydrogens is 212 g/mol. The largest absolute Gasteiger partial charge is 0.342 e. The maximum Gasteiger partial charge on any atom is 0.205 e. The van der Waals surface area contributed by atoms with Gasteiger partial charge in [0.25, 0.3) is 0 Å². The molecule has 17 heavy (non-hydrogen) atoms. The van der Waals surface area contributed by atoms with E-state index in [4.69, 9.17) is 5.73 Å². The molecule has 2 N–H and O–H groups in total. The topological polar surface area (TPSA) is 47.1 Å². The molecule has 1 aromatic rings. The van der Waals surface area contributed by atoms with E-state index in [0.717, 1.165) is 32.1 Å². The predicted octanol–water partition coefficient (Wildman–Crippen LogP) is 1.86. The molecule has 1 aliphatic rings. The highest BCUT2D eigenvalue weighted by Crippen LogP contribution is 2.21. The molecule has 1 saturated heterocycles. The van der Waals surface area contributed by atoms with Crippen molar-refractivity contribution in [3.63, 3.8) is 0 Å². The van der Waals surface area contributed by atoms with Crippen LogP contribution in [0.4, 0.5) is 5.95 Å². The van der Waals surface area contributed by atoms with Gasteiger partial charge in [-0.1, -0.05) is 13.3 Å². The fourth-order valence-corrected chi connectivity index (χ4v) is 2.46. The second kappa shape index (κ2) is 6.05. The minimum Gasteiger partial charge on any atom is -0.342 e. The van der Waals surface area contributed by atoms with Crippen molar-refractivity contribution in [1.82, 2.24) is 9.55 Å². The van der Waals surface area contributed by atoms with Crippen LogP contribution in [0.1, 0.15) is 32.6 Å². The van der Waals surface area contributed by atoms with E-state index in [0.29, 0.717) is 5.92 Å². The number of rotatable bonds is 5. The molecule has 1 aromatic heterocycles. The highest BCUT2D eigenvalue weighted by Gasteiger charge is 2.20. The number of aryl methyl sites for hydroxylation is 1. The molecule has 0 bridgehead atoms. The van der Waals surface area contributed by atoms with Crippen molar-refractivity contribution in [2.45, 2.75) is 39.2 Å². The molecule has 2 rings (SSSR count). The van der Waals surface area contributed by atoms with Crippen molar-refractivity contribution >= 4 is 5.95 Å². The van der Waals surface area contributed by atoms with E-state index < -0.39 is 0 Å². The normalized spacial score (nSPS) is 17.6.